The zero-order valence-corrected chi connectivity index (χ0v) is 17.0. The fourth-order valence-electron chi connectivity index (χ4n) is 3.55. The largest absolute Gasteiger partial charge is 0.377 e. The maximum absolute atomic E-state index is 12.9. The number of benzene rings is 2. The van der Waals surface area contributed by atoms with Gasteiger partial charge in [0, 0.05) is 66.8 Å². The molecular weight excluding hydrogens is 378 g/mol. The minimum atomic E-state index is -0.449. The first-order chi connectivity index (χ1) is 14.4. The molecule has 0 saturated carbocycles. The molecule has 3 aromatic rings. The molecule has 1 aliphatic carbocycles. The summed E-state index contributed by atoms with van der Waals surface area (Å²) in [7, 11) is 3.91. The lowest BCUT2D eigenvalue weighted by molar-refractivity contribution is -0.705. The van der Waals surface area contributed by atoms with Crippen LogP contribution in [0.25, 0.3) is 0 Å². The van der Waals surface area contributed by atoms with Gasteiger partial charge in [-0.25, -0.2) is 0 Å². The van der Waals surface area contributed by atoms with Gasteiger partial charge in [-0.3, -0.25) is 14.4 Å². The summed E-state index contributed by atoms with van der Waals surface area (Å²) in [4.78, 5) is 40.3. The lowest BCUT2D eigenvalue weighted by Crippen LogP contribution is -2.44. The highest BCUT2D eigenvalue weighted by Crippen LogP contribution is 2.29. The first-order valence-corrected chi connectivity index (χ1v) is 9.68. The number of carbonyl (C=O) groups excluding carboxylic acids is 3. The molecule has 4 rings (SSSR count). The predicted molar refractivity (Wildman–Crippen MR) is 114 cm³/mol. The van der Waals surface area contributed by atoms with E-state index in [9.17, 15) is 14.4 Å². The maximum atomic E-state index is 12.9. The van der Waals surface area contributed by atoms with E-state index < -0.39 is 6.04 Å². The van der Waals surface area contributed by atoms with Gasteiger partial charge in [0.15, 0.2) is 24.0 Å². The molecule has 0 spiro atoms. The van der Waals surface area contributed by atoms with Crippen LogP contribution in [0.15, 0.2) is 67.0 Å². The molecule has 30 heavy (non-hydrogen) atoms. The number of aromatic nitrogens is 1. The molecule has 1 aromatic heterocycles. The van der Waals surface area contributed by atoms with Gasteiger partial charge >= 0.3 is 0 Å². The Labute approximate surface area is 174 Å². The van der Waals surface area contributed by atoms with Crippen molar-refractivity contribution in [1.29, 1.82) is 0 Å². The molecule has 150 valence electrons. The molecular formula is C24H22N3O3+. The molecule has 1 atom stereocenters. The van der Waals surface area contributed by atoms with Crippen LogP contribution in [0, 0.1) is 0 Å². The number of nitrogens with zero attached hydrogens (tertiary/aromatic N) is 2. The van der Waals surface area contributed by atoms with Crippen molar-refractivity contribution in [3.8, 4) is 0 Å². The Bertz CT molecular complexity index is 1170. The van der Waals surface area contributed by atoms with E-state index in [2.05, 4.69) is 5.32 Å². The van der Waals surface area contributed by atoms with Crippen molar-refractivity contribution in [2.24, 2.45) is 0 Å². The van der Waals surface area contributed by atoms with Gasteiger partial charge in [-0.1, -0.05) is 24.3 Å². The average Bonchev–Trinajstić information content (AvgIpc) is 2.77. The quantitative estimate of drug-likeness (QED) is 0.535. The van der Waals surface area contributed by atoms with Crippen molar-refractivity contribution in [1.82, 2.24) is 0 Å². The van der Waals surface area contributed by atoms with Crippen LogP contribution in [0.5, 0.6) is 0 Å². The summed E-state index contributed by atoms with van der Waals surface area (Å²) in [6.45, 7) is 1.80. The molecule has 0 fully saturated rings. The molecule has 0 unspecified atom stereocenters. The van der Waals surface area contributed by atoms with Crippen LogP contribution >= 0.6 is 0 Å². The van der Waals surface area contributed by atoms with Crippen LogP contribution < -0.4 is 14.8 Å². The molecule has 1 heterocycles. The number of rotatable bonds is 4. The van der Waals surface area contributed by atoms with Gasteiger partial charge < -0.3 is 10.2 Å². The Morgan fingerprint density at radius 2 is 1.43 bits per heavy atom. The topological polar surface area (TPSA) is 70.4 Å². The number of carbonyl (C=O) groups is 3. The first kappa shape index (κ1) is 19.5. The molecule has 6 heteroatoms. The van der Waals surface area contributed by atoms with Crippen molar-refractivity contribution in [3.05, 3.63) is 89.2 Å². The van der Waals surface area contributed by atoms with Crippen molar-refractivity contribution in [2.45, 2.75) is 13.0 Å². The number of nitrogens with one attached hydrogen (secondary N) is 1. The van der Waals surface area contributed by atoms with Gasteiger partial charge in [0.25, 0.3) is 5.91 Å². The minimum Gasteiger partial charge on any atom is -0.377 e. The fraction of sp³-hybridized carbons (Fsp3) is 0.167. The minimum absolute atomic E-state index is 0.178. The summed E-state index contributed by atoms with van der Waals surface area (Å²) < 4.78 is 1.81. The molecule has 0 aliphatic heterocycles. The third kappa shape index (κ3) is 3.37. The number of hydrogen-bond donors (Lipinski definition) is 1. The Hall–Kier alpha value is -3.80. The van der Waals surface area contributed by atoms with Crippen molar-refractivity contribution in [3.63, 3.8) is 0 Å². The van der Waals surface area contributed by atoms with Gasteiger partial charge in [0.2, 0.25) is 6.04 Å². The van der Waals surface area contributed by atoms with E-state index in [0.717, 1.165) is 5.69 Å². The van der Waals surface area contributed by atoms with Gasteiger partial charge in [-0.15, -0.1) is 0 Å². The van der Waals surface area contributed by atoms with E-state index in [0.29, 0.717) is 27.9 Å². The molecule has 6 nitrogen and oxygen atoms in total. The monoisotopic (exact) mass is 400 g/mol. The van der Waals surface area contributed by atoms with Crippen LogP contribution in [0.3, 0.4) is 0 Å². The third-order valence-electron chi connectivity index (χ3n) is 5.37. The SMILES string of the molecule is C[C@H](C(=O)Nc1ccc2c(c1)C(=O)c1ccccc1C2=O)[n+]1ccc(N(C)C)cc1. The number of amides is 1. The van der Waals surface area contributed by atoms with E-state index in [4.69, 9.17) is 0 Å². The summed E-state index contributed by atoms with van der Waals surface area (Å²) in [5, 5.41) is 2.85. The van der Waals surface area contributed by atoms with E-state index in [1.54, 1.807) is 49.4 Å². The van der Waals surface area contributed by atoms with E-state index in [1.807, 2.05) is 48.1 Å². The number of hydrogen-bond acceptors (Lipinski definition) is 4. The first-order valence-electron chi connectivity index (χ1n) is 9.68. The zero-order valence-electron chi connectivity index (χ0n) is 17.0. The lowest BCUT2D eigenvalue weighted by atomic mass is 9.84. The molecule has 0 saturated heterocycles. The van der Waals surface area contributed by atoms with Crippen molar-refractivity contribution < 1.29 is 19.0 Å². The normalized spacial score (nSPS) is 13.3. The number of ketones is 2. The van der Waals surface area contributed by atoms with Crippen LogP contribution in [-0.4, -0.2) is 31.6 Å². The second-order valence-electron chi connectivity index (χ2n) is 7.53. The van der Waals surface area contributed by atoms with Gasteiger partial charge in [0.05, 0.1) is 0 Å². The molecule has 2 aromatic carbocycles. The predicted octanol–water partition coefficient (Wildman–Crippen LogP) is 3.02. The maximum Gasteiger partial charge on any atom is 0.293 e. The second kappa shape index (κ2) is 7.55. The Balaban J connectivity index is 1.56. The average molecular weight is 400 g/mol. The Morgan fingerprint density at radius 3 is 2.03 bits per heavy atom. The zero-order chi connectivity index (χ0) is 21.4. The van der Waals surface area contributed by atoms with Gasteiger partial charge in [-0.05, 0) is 18.2 Å². The van der Waals surface area contributed by atoms with Gasteiger partial charge in [-0.2, -0.15) is 4.57 Å². The van der Waals surface area contributed by atoms with Crippen LogP contribution in [0.4, 0.5) is 11.4 Å². The van der Waals surface area contributed by atoms with Crippen LogP contribution in [0.1, 0.15) is 44.8 Å². The highest BCUT2D eigenvalue weighted by atomic mass is 16.2. The third-order valence-corrected chi connectivity index (χ3v) is 5.37. The van der Waals surface area contributed by atoms with Crippen molar-refractivity contribution >= 4 is 28.8 Å². The number of anilines is 2. The Morgan fingerprint density at radius 1 is 0.867 bits per heavy atom. The molecule has 0 radical (unpaired) electrons. The smallest absolute Gasteiger partial charge is 0.293 e. The van der Waals surface area contributed by atoms with E-state index in [-0.39, 0.29) is 17.5 Å². The fourth-order valence-corrected chi connectivity index (χ4v) is 3.55. The molecule has 1 aliphatic rings. The summed E-state index contributed by atoms with van der Waals surface area (Å²) in [5.74, 6) is -0.603. The Kier molecular flexibility index (Phi) is 4.91. The molecule has 1 amide bonds. The van der Waals surface area contributed by atoms with Crippen LogP contribution in [-0.2, 0) is 4.79 Å². The van der Waals surface area contributed by atoms with Gasteiger partial charge in [0.1, 0.15) is 0 Å². The number of fused-ring (bicyclic) bond motifs is 2. The highest BCUT2D eigenvalue weighted by Gasteiger charge is 2.30. The van der Waals surface area contributed by atoms with Crippen molar-refractivity contribution in [2.75, 3.05) is 24.3 Å². The molecule has 1 N–H and O–H groups in total. The summed E-state index contributed by atoms with van der Waals surface area (Å²) in [6.07, 6.45) is 3.71. The van der Waals surface area contributed by atoms with E-state index in [1.165, 1.54) is 0 Å². The summed E-state index contributed by atoms with van der Waals surface area (Å²) in [5.41, 5.74) is 3.00. The lowest BCUT2D eigenvalue weighted by Gasteiger charge is -2.18. The van der Waals surface area contributed by atoms with Crippen LogP contribution in [0.2, 0.25) is 0 Å². The summed E-state index contributed by atoms with van der Waals surface area (Å²) >= 11 is 0. The second-order valence-corrected chi connectivity index (χ2v) is 7.53. The standard InChI is InChI=1S/C24H21N3O3/c1-15(27-12-10-17(11-13-27)26(2)3)24(30)25-16-8-9-20-21(14-16)23(29)19-7-5-4-6-18(19)22(20)28/h4-15H,1-3H3/p+1/t15-/m1/s1. The highest BCUT2D eigenvalue weighted by molar-refractivity contribution is 6.28. The summed E-state index contributed by atoms with van der Waals surface area (Å²) in [6, 6.07) is 15.1. The molecule has 0 bridgehead atoms. The number of pyridine rings is 1. The van der Waals surface area contributed by atoms with E-state index >= 15 is 0 Å².